The van der Waals surface area contributed by atoms with E-state index < -0.39 is 0 Å². The Morgan fingerprint density at radius 3 is 2.86 bits per heavy atom. The van der Waals surface area contributed by atoms with Crippen LogP contribution in [0.5, 0.6) is 5.75 Å². The second kappa shape index (κ2) is 6.33. The van der Waals surface area contributed by atoms with Crippen LogP contribution in [0.15, 0.2) is 12.1 Å². The normalized spacial score (nSPS) is 23.9. The number of rotatable bonds is 4. The molecule has 0 bridgehead atoms. The van der Waals surface area contributed by atoms with Crippen LogP contribution < -0.4 is 10.1 Å². The molecule has 1 unspecified atom stereocenters. The highest BCUT2D eigenvalue weighted by molar-refractivity contribution is 6.35. The maximum Gasteiger partial charge on any atom is 0.142 e. The number of halogens is 2. The highest BCUT2D eigenvalue weighted by atomic mass is 35.5. The molecule has 1 saturated heterocycles. The van der Waals surface area contributed by atoms with E-state index in [1.54, 1.807) is 6.07 Å². The fraction of sp³-hybridized carbons (Fsp3) is 0.625. The number of hydrogen-bond donors (Lipinski definition) is 1. The highest BCUT2D eigenvalue weighted by Crippen LogP contribution is 2.44. The molecule has 1 saturated carbocycles. The summed E-state index contributed by atoms with van der Waals surface area (Å²) < 4.78 is 12.2. The molecule has 3 nitrogen and oxygen atoms in total. The predicted molar refractivity (Wildman–Crippen MR) is 85.4 cm³/mol. The van der Waals surface area contributed by atoms with Gasteiger partial charge in [0.15, 0.2) is 0 Å². The third-order valence-electron chi connectivity index (χ3n) is 4.45. The Morgan fingerprint density at radius 2 is 2.19 bits per heavy atom. The first-order chi connectivity index (χ1) is 10.1. The first-order valence-corrected chi connectivity index (χ1v) is 8.31. The molecule has 1 N–H and O–H groups in total. The Labute approximate surface area is 135 Å². The van der Waals surface area contributed by atoms with Gasteiger partial charge >= 0.3 is 0 Å². The van der Waals surface area contributed by atoms with Crippen molar-refractivity contribution in [2.75, 3.05) is 13.7 Å². The van der Waals surface area contributed by atoms with Gasteiger partial charge in [-0.05, 0) is 38.4 Å². The van der Waals surface area contributed by atoms with Crippen LogP contribution in [0.3, 0.4) is 0 Å². The van der Waals surface area contributed by atoms with Crippen LogP contribution in [0.4, 0.5) is 0 Å². The molecule has 2 fully saturated rings. The van der Waals surface area contributed by atoms with Gasteiger partial charge in [0.1, 0.15) is 11.9 Å². The zero-order chi connectivity index (χ0) is 14.9. The molecule has 1 spiro atoms. The summed E-state index contributed by atoms with van der Waals surface area (Å²) in [5.41, 5.74) is 1.08. The Morgan fingerprint density at radius 1 is 1.38 bits per heavy atom. The summed E-state index contributed by atoms with van der Waals surface area (Å²) in [7, 11) is 1.90. The molecule has 0 aromatic heterocycles. The van der Waals surface area contributed by atoms with Gasteiger partial charge in [-0.25, -0.2) is 0 Å². The van der Waals surface area contributed by atoms with Gasteiger partial charge in [0.05, 0.1) is 17.2 Å². The topological polar surface area (TPSA) is 30.5 Å². The van der Waals surface area contributed by atoms with Crippen molar-refractivity contribution < 1.29 is 9.47 Å². The second-order valence-electron chi connectivity index (χ2n) is 6.02. The molecule has 0 amide bonds. The van der Waals surface area contributed by atoms with E-state index in [9.17, 15) is 0 Å². The summed E-state index contributed by atoms with van der Waals surface area (Å²) in [5.74, 6) is 0.761. The SMILES string of the molecule is CNCc1cc(Cl)cc(Cl)c1OC1CCOC2(CCC2)C1. The molecule has 5 heteroatoms. The molecule has 21 heavy (non-hydrogen) atoms. The van der Waals surface area contributed by atoms with Crippen molar-refractivity contribution in [3.05, 3.63) is 27.7 Å². The first kappa shape index (κ1) is 15.4. The summed E-state index contributed by atoms with van der Waals surface area (Å²) in [5, 5.41) is 4.36. The van der Waals surface area contributed by atoms with E-state index in [-0.39, 0.29) is 11.7 Å². The third-order valence-corrected chi connectivity index (χ3v) is 4.95. The zero-order valence-electron chi connectivity index (χ0n) is 12.3. The molecule has 1 aliphatic carbocycles. The van der Waals surface area contributed by atoms with Gasteiger partial charge in [0.2, 0.25) is 0 Å². The third kappa shape index (κ3) is 3.31. The Balaban J connectivity index is 1.77. The van der Waals surface area contributed by atoms with Gasteiger partial charge in [0, 0.05) is 30.0 Å². The van der Waals surface area contributed by atoms with E-state index in [2.05, 4.69) is 5.32 Å². The van der Waals surface area contributed by atoms with Crippen molar-refractivity contribution in [2.45, 2.75) is 50.4 Å². The van der Waals surface area contributed by atoms with E-state index in [0.717, 1.165) is 43.6 Å². The lowest BCUT2D eigenvalue weighted by Crippen LogP contribution is -2.48. The minimum Gasteiger partial charge on any atom is -0.488 e. The van der Waals surface area contributed by atoms with Crippen molar-refractivity contribution >= 4 is 23.2 Å². The molecule has 3 rings (SSSR count). The Hall–Kier alpha value is -0.480. The van der Waals surface area contributed by atoms with Gasteiger partial charge in [-0.2, -0.15) is 0 Å². The average molecular weight is 330 g/mol. The summed E-state index contributed by atoms with van der Waals surface area (Å²) in [6.45, 7) is 1.46. The Kier molecular flexibility index (Phi) is 4.65. The van der Waals surface area contributed by atoms with Crippen LogP contribution in [0.1, 0.15) is 37.7 Å². The number of nitrogens with one attached hydrogen (secondary N) is 1. The first-order valence-electron chi connectivity index (χ1n) is 7.55. The van der Waals surface area contributed by atoms with E-state index in [0.29, 0.717) is 16.6 Å². The lowest BCUT2D eigenvalue weighted by atomic mass is 9.74. The summed E-state index contributed by atoms with van der Waals surface area (Å²) >= 11 is 12.4. The van der Waals surface area contributed by atoms with Crippen molar-refractivity contribution in [1.29, 1.82) is 0 Å². The van der Waals surface area contributed by atoms with Crippen LogP contribution in [-0.4, -0.2) is 25.4 Å². The summed E-state index contributed by atoms with van der Waals surface area (Å²) in [6.07, 6.45) is 5.63. The fourth-order valence-corrected chi connectivity index (χ4v) is 3.82. The minimum atomic E-state index is 0.0744. The molecule has 1 aliphatic heterocycles. The molecule has 1 aromatic carbocycles. The predicted octanol–water partition coefficient (Wildman–Crippen LogP) is 4.19. The van der Waals surface area contributed by atoms with Crippen LogP contribution in [0, 0.1) is 0 Å². The highest BCUT2D eigenvalue weighted by Gasteiger charge is 2.43. The van der Waals surface area contributed by atoms with Crippen molar-refractivity contribution in [2.24, 2.45) is 0 Å². The molecule has 116 valence electrons. The molecular formula is C16H21Cl2NO2. The zero-order valence-corrected chi connectivity index (χ0v) is 13.8. The van der Waals surface area contributed by atoms with Crippen LogP contribution in [0.25, 0.3) is 0 Å². The van der Waals surface area contributed by atoms with E-state index in [1.165, 1.54) is 6.42 Å². The number of ether oxygens (including phenoxy) is 2. The molecule has 2 aliphatic rings. The number of benzene rings is 1. The van der Waals surface area contributed by atoms with Gasteiger partial charge < -0.3 is 14.8 Å². The van der Waals surface area contributed by atoms with Crippen molar-refractivity contribution in [3.8, 4) is 5.75 Å². The molecular weight excluding hydrogens is 309 g/mol. The minimum absolute atomic E-state index is 0.0744. The van der Waals surface area contributed by atoms with E-state index >= 15 is 0 Å². The summed E-state index contributed by atoms with van der Waals surface area (Å²) in [4.78, 5) is 0. The number of hydrogen-bond acceptors (Lipinski definition) is 3. The van der Waals surface area contributed by atoms with E-state index in [4.69, 9.17) is 32.7 Å². The van der Waals surface area contributed by atoms with Gasteiger partial charge in [-0.3, -0.25) is 0 Å². The monoisotopic (exact) mass is 329 g/mol. The maximum atomic E-state index is 6.34. The quantitative estimate of drug-likeness (QED) is 0.898. The molecule has 0 radical (unpaired) electrons. The second-order valence-corrected chi connectivity index (χ2v) is 6.87. The lowest BCUT2D eigenvalue weighted by molar-refractivity contribution is -0.153. The summed E-state index contributed by atoms with van der Waals surface area (Å²) in [6, 6.07) is 3.66. The molecule has 1 heterocycles. The Bertz CT molecular complexity index is 517. The van der Waals surface area contributed by atoms with Gasteiger partial charge in [0.25, 0.3) is 0 Å². The standard InChI is InChI=1S/C16H21Cl2NO2/c1-19-10-11-7-12(17)8-14(18)15(11)21-13-3-6-20-16(9-13)4-2-5-16/h7-8,13,19H,2-6,9-10H2,1H3. The van der Waals surface area contributed by atoms with Crippen LogP contribution >= 0.6 is 23.2 Å². The van der Waals surface area contributed by atoms with Crippen LogP contribution in [-0.2, 0) is 11.3 Å². The fourth-order valence-electron chi connectivity index (χ4n) is 3.24. The average Bonchev–Trinajstić information content (AvgIpc) is 2.41. The maximum absolute atomic E-state index is 6.34. The van der Waals surface area contributed by atoms with E-state index in [1.807, 2.05) is 13.1 Å². The van der Waals surface area contributed by atoms with Crippen molar-refractivity contribution in [3.63, 3.8) is 0 Å². The smallest absolute Gasteiger partial charge is 0.142 e. The van der Waals surface area contributed by atoms with Crippen molar-refractivity contribution in [1.82, 2.24) is 5.32 Å². The lowest BCUT2D eigenvalue weighted by Gasteiger charge is -2.47. The van der Waals surface area contributed by atoms with Gasteiger partial charge in [-0.15, -0.1) is 0 Å². The largest absolute Gasteiger partial charge is 0.488 e. The molecule has 1 atom stereocenters. The van der Waals surface area contributed by atoms with Crippen LogP contribution in [0.2, 0.25) is 10.0 Å². The molecule has 1 aromatic rings. The van der Waals surface area contributed by atoms with Gasteiger partial charge in [-0.1, -0.05) is 23.2 Å².